The second kappa shape index (κ2) is 16.8. The zero-order chi connectivity index (χ0) is 29.7. The van der Waals surface area contributed by atoms with E-state index in [-0.39, 0.29) is 19.4 Å². The quantitative estimate of drug-likeness (QED) is 0.204. The van der Waals surface area contributed by atoms with Gasteiger partial charge in [-0.1, -0.05) is 31.0 Å². The van der Waals surface area contributed by atoms with Crippen molar-refractivity contribution >= 4 is 29.4 Å². The highest BCUT2D eigenvalue weighted by molar-refractivity contribution is 5.93. The molecule has 12 nitrogen and oxygen atoms in total. The van der Waals surface area contributed by atoms with Gasteiger partial charge in [-0.3, -0.25) is 19.2 Å². The molecular formula is C28H45N5O7. The lowest BCUT2D eigenvalue weighted by Gasteiger charge is -2.29. The van der Waals surface area contributed by atoms with Crippen LogP contribution in [0.4, 0.5) is 5.69 Å². The lowest BCUT2D eigenvalue weighted by Crippen LogP contribution is -2.60. The Labute approximate surface area is 235 Å². The first-order valence-corrected chi connectivity index (χ1v) is 14.0. The Morgan fingerprint density at radius 2 is 1.85 bits per heavy atom. The summed E-state index contributed by atoms with van der Waals surface area (Å²) in [7, 11) is 0. The van der Waals surface area contributed by atoms with E-state index in [1.807, 2.05) is 38.1 Å². The van der Waals surface area contributed by atoms with Crippen LogP contribution in [-0.4, -0.2) is 83.4 Å². The van der Waals surface area contributed by atoms with Crippen molar-refractivity contribution in [1.82, 2.24) is 16.0 Å². The van der Waals surface area contributed by atoms with Crippen LogP contribution in [0.3, 0.4) is 0 Å². The Morgan fingerprint density at radius 3 is 2.50 bits per heavy atom. The summed E-state index contributed by atoms with van der Waals surface area (Å²) in [6.07, 6.45) is 0.710. The summed E-state index contributed by atoms with van der Waals surface area (Å²) < 4.78 is 5.86. The summed E-state index contributed by atoms with van der Waals surface area (Å²) in [5, 5.41) is 31.2. The fourth-order valence-corrected chi connectivity index (χ4v) is 4.40. The molecule has 1 aromatic rings. The molecule has 40 heavy (non-hydrogen) atoms. The SMILES string of the molecule is CCC[C@@H]1NC(=O)[C@@H](NC(=O)[C@@H](N)CCC(=O)O)[C@H](C)OCCCC[C@@H]([C@H](O)CNc2ccc(C)cc2)NC1=O. The van der Waals surface area contributed by atoms with Gasteiger partial charge in [-0.25, -0.2) is 0 Å². The zero-order valence-electron chi connectivity index (χ0n) is 23.7. The van der Waals surface area contributed by atoms with Crippen LogP contribution in [0, 0.1) is 6.92 Å². The van der Waals surface area contributed by atoms with Gasteiger partial charge in [-0.05, 0) is 58.1 Å². The number of ether oxygens (including phenoxy) is 1. The first kappa shape index (κ1) is 33.0. The van der Waals surface area contributed by atoms with E-state index < -0.39 is 60.1 Å². The zero-order valence-corrected chi connectivity index (χ0v) is 23.7. The average molecular weight is 564 g/mol. The van der Waals surface area contributed by atoms with Crippen molar-refractivity contribution in [2.75, 3.05) is 18.5 Å². The number of hydrogen-bond donors (Lipinski definition) is 7. The Balaban J connectivity index is 2.14. The van der Waals surface area contributed by atoms with E-state index in [1.54, 1.807) is 6.92 Å². The van der Waals surface area contributed by atoms with E-state index >= 15 is 0 Å². The maximum Gasteiger partial charge on any atom is 0.303 e. The molecule has 3 amide bonds. The molecule has 224 valence electrons. The number of aryl methyl sites for hydroxylation is 1. The molecule has 1 heterocycles. The fraction of sp³-hybridized carbons (Fsp3) is 0.643. The first-order chi connectivity index (χ1) is 19.0. The van der Waals surface area contributed by atoms with Crippen molar-refractivity contribution in [3.05, 3.63) is 29.8 Å². The molecule has 6 atom stereocenters. The Hall–Kier alpha value is -3.22. The van der Waals surface area contributed by atoms with Crippen LogP contribution in [0.1, 0.15) is 64.4 Å². The standard InChI is InChI=1S/C28H45N5O7/c1-4-7-22-27(38)31-21(23(34)16-30-19-11-9-17(2)10-12-19)8-5-6-15-40-18(3)25(28(39)32-22)33-26(37)20(29)13-14-24(35)36/h9-12,18,20-23,25,30,34H,4-8,13-16,29H2,1-3H3,(H,31,38)(H,32,39)(H,33,37)(H,35,36)/t18-,20-,21-,22-,23+,25-/m0/s1. The molecular weight excluding hydrogens is 518 g/mol. The van der Waals surface area contributed by atoms with Crippen molar-refractivity contribution in [3.8, 4) is 0 Å². The maximum absolute atomic E-state index is 13.3. The van der Waals surface area contributed by atoms with E-state index in [0.717, 1.165) is 11.3 Å². The second-order valence-corrected chi connectivity index (χ2v) is 10.4. The number of benzene rings is 1. The van der Waals surface area contributed by atoms with Gasteiger partial charge in [0.1, 0.15) is 12.1 Å². The smallest absolute Gasteiger partial charge is 0.303 e. The minimum Gasteiger partial charge on any atom is -0.481 e. The van der Waals surface area contributed by atoms with Gasteiger partial charge < -0.3 is 42.0 Å². The molecule has 0 saturated carbocycles. The monoisotopic (exact) mass is 563 g/mol. The number of carboxylic acids is 1. The summed E-state index contributed by atoms with van der Waals surface area (Å²) in [6, 6.07) is 4.06. The number of rotatable bonds is 11. The summed E-state index contributed by atoms with van der Waals surface area (Å²) in [5.41, 5.74) is 7.81. The minimum absolute atomic E-state index is 0.0892. The normalized spacial score (nSPS) is 24.2. The second-order valence-electron chi connectivity index (χ2n) is 10.4. The largest absolute Gasteiger partial charge is 0.481 e. The van der Waals surface area contributed by atoms with Gasteiger partial charge in [0.25, 0.3) is 0 Å². The molecule has 1 fully saturated rings. The predicted molar refractivity (Wildman–Crippen MR) is 150 cm³/mol. The van der Waals surface area contributed by atoms with Crippen molar-refractivity contribution in [2.24, 2.45) is 5.73 Å². The molecule has 0 bridgehead atoms. The van der Waals surface area contributed by atoms with Crippen LogP contribution >= 0.6 is 0 Å². The van der Waals surface area contributed by atoms with Gasteiger partial charge >= 0.3 is 5.97 Å². The van der Waals surface area contributed by atoms with E-state index in [1.165, 1.54) is 0 Å². The lowest BCUT2D eigenvalue weighted by molar-refractivity contribution is -0.138. The predicted octanol–water partition coefficient (Wildman–Crippen LogP) is 0.803. The van der Waals surface area contributed by atoms with Gasteiger partial charge in [-0.2, -0.15) is 0 Å². The summed E-state index contributed by atoms with van der Waals surface area (Å²) in [6.45, 7) is 6.03. The Morgan fingerprint density at radius 1 is 1.15 bits per heavy atom. The van der Waals surface area contributed by atoms with Gasteiger partial charge in [0, 0.05) is 25.3 Å². The summed E-state index contributed by atoms with van der Waals surface area (Å²) >= 11 is 0. The molecule has 1 saturated heterocycles. The van der Waals surface area contributed by atoms with E-state index in [4.69, 9.17) is 15.6 Å². The van der Waals surface area contributed by atoms with Gasteiger partial charge in [0.05, 0.1) is 24.3 Å². The van der Waals surface area contributed by atoms with Crippen LogP contribution in [-0.2, 0) is 23.9 Å². The van der Waals surface area contributed by atoms with Crippen molar-refractivity contribution in [3.63, 3.8) is 0 Å². The Kier molecular flexibility index (Phi) is 13.8. The molecule has 0 spiro atoms. The Bertz CT molecular complexity index is 974. The topological polar surface area (TPSA) is 192 Å². The molecule has 12 heteroatoms. The third-order valence-electron chi connectivity index (χ3n) is 6.92. The fourth-order valence-electron chi connectivity index (χ4n) is 4.40. The van der Waals surface area contributed by atoms with Gasteiger partial charge in [0.2, 0.25) is 17.7 Å². The first-order valence-electron chi connectivity index (χ1n) is 14.0. The van der Waals surface area contributed by atoms with Gasteiger partial charge in [0.15, 0.2) is 0 Å². The molecule has 2 rings (SSSR count). The van der Waals surface area contributed by atoms with Crippen LogP contribution in [0.2, 0.25) is 0 Å². The number of carbonyl (C=O) groups excluding carboxylic acids is 3. The molecule has 1 aromatic carbocycles. The minimum atomic E-state index is -1.14. The van der Waals surface area contributed by atoms with Crippen LogP contribution in [0.15, 0.2) is 24.3 Å². The van der Waals surface area contributed by atoms with Crippen molar-refractivity contribution < 1.29 is 34.1 Å². The van der Waals surface area contributed by atoms with Crippen LogP contribution in [0.5, 0.6) is 0 Å². The summed E-state index contributed by atoms with van der Waals surface area (Å²) in [4.78, 5) is 50.1. The number of aliphatic hydroxyl groups is 1. The maximum atomic E-state index is 13.3. The lowest BCUT2D eigenvalue weighted by atomic mass is 10.0. The molecule has 0 radical (unpaired) electrons. The third kappa shape index (κ3) is 11.1. The highest BCUT2D eigenvalue weighted by Gasteiger charge is 2.33. The van der Waals surface area contributed by atoms with Crippen LogP contribution < -0.4 is 27.0 Å². The van der Waals surface area contributed by atoms with E-state index in [9.17, 15) is 24.3 Å². The number of amides is 3. The van der Waals surface area contributed by atoms with E-state index in [2.05, 4.69) is 21.3 Å². The number of carboxylic acid groups (broad SMARTS) is 1. The molecule has 1 aliphatic rings. The molecule has 1 aliphatic heterocycles. The number of aliphatic carboxylic acids is 1. The number of aliphatic hydroxyl groups excluding tert-OH is 1. The molecule has 8 N–H and O–H groups in total. The molecule has 0 aliphatic carbocycles. The van der Waals surface area contributed by atoms with Gasteiger partial charge in [-0.15, -0.1) is 0 Å². The van der Waals surface area contributed by atoms with Crippen molar-refractivity contribution in [1.29, 1.82) is 0 Å². The average Bonchev–Trinajstić information content (AvgIpc) is 2.92. The number of anilines is 1. The molecule has 0 aromatic heterocycles. The summed E-state index contributed by atoms with van der Waals surface area (Å²) in [5.74, 6) is -2.80. The molecule has 0 unspecified atom stereocenters. The number of nitrogens with one attached hydrogen (secondary N) is 4. The van der Waals surface area contributed by atoms with E-state index in [0.29, 0.717) is 38.7 Å². The third-order valence-corrected chi connectivity index (χ3v) is 6.92. The number of nitrogens with two attached hydrogens (primary N) is 1. The van der Waals surface area contributed by atoms with Crippen LogP contribution in [0.25, 0.3) is 0 Å². The highest BCUT2D eigenvalue weighted by Crippen LogP contribution is 2.13. The number of carbonyl (C=O) groups is 4. The highest BCUT2D eigenvalue weighted by atomic mass is 16.5. The number of hydrogen-bond acceptors (Lipinski definition) is 8. The van der Waals surface area contributed by atoms with Crippen molar-refractivity contribution in [2.45, 2.75) is 102 Å².